The number of carbonyl (C=O) groups excluding carboxylic acids is 1. The molecule has 1 unspecified atom stereocenters. The molecule has 0 aromatic rings. The minimum absolute atomic E-state index is 0. The highest BCUT2D eigenvalue weighted by molar-refractivity contribution is 5.85. The lowest BCUT2D eigenvalue weighted by Crippen LogP contribution is -2.41. The van der Waals surface area contributed by atoms with Gasteiger partial charge >= 0.3 is 0 Å². The first-order valence-corrected chi connectivity index (χ1v) is 7.51. The van der Waals surface area contributed by atoms with E-state index in [1.54, 1.807) is 0 Å². The number of nitrogens with zero attached hydrogens (tertiary/aromatic N) is 1. The fourth-order valence-electron chi connectivity index (χ4n) is 2.80. The molecule has 0 bridgehead atoms. The second-order valence-electron chi connectivity index (χ2n) is 5.79. The molecule has 2 fully saturated rings. The Morgan fingerprint density at radius 3 is 2.67 bits per heavy atom. The molecule has 0 spiro atoms. The van der Waals surface area contributed by atoms with Gasteiger partial charge in [-0.25, -0.2) is 0 Å². The number of amides is 1. The van der Waals surface area contributed by atoms with E-state index in [1.807, 2.05) is 0 Å². The molecule has 2 rings (SSSR count). The van der Waals surface area contributed by atoms with Crippen molar-refractivity contribution in [2.45, 2.75) is 31.8 Å². The van der Waals surface area contributed by atoms with E-state index < -0.39 is 0 Å². The van der Waals surface area contributed by atoms with Gasteiger partial charge in [-0.15, -0.1) is 24.8 Å². The molecule has 5 nitrogen and oxygen atoms in total. The summed E-state index contributed by atoms with van der Waals surface area (Å²) in [6, 6.07) is 0. The van der Waals surface area contributed by atoms with Gasteiger partial charge < -0.3 is 20.3 Å². The van der Waals surface area contributed by atoms with Crippen LogP contribution in [0.2, 0.25) is 0 Å². The van der Waals surface area contributed by atoms with Crippen molar-refractivity contribution in [3.05, 3.63) is 0 Å². The number of hydrogen-bond donors (Lipinski definition) is 2. The molecule has 21 heavy (non-hydrogen) atoms. The zero-order valence-electron chi connectivity index (χ0n) is 12.8. The van der Waals surface area contributed by atoms with Crippen molar-refractivity contribution in [1.29, 1.82) is 0 Å². The SMILES string of the molecule is CN1CCC(CCNC(=O)CC2CNCCO2)CC1.Cl.Cl. The van der Waals surface area contributed by atoms with Crippen LogP contribution in [0.25, 0.3) is 0 Å². The van der Waals surface area contributed by atoms with Crippen molar-refractivity contribution in [1.82, 2.24) is 15.5 Å². The molecule has 0 aromatic heterocycles. The fourth-order valence-corrected chi connectivity index (χ4v) is 2.80. The quantitative estimate of drug-likeness (QED) is 0.784. The molecule has 0 saturated carbocycles. The van der Waals surface area contributed by atoms with Crippen LogP contribution in [0.15, 0.2) is 0 Å². The van der Waals surface area contributed by atoms with Crippen molar-refractivity contribution in [2.75, 3.05) is 46.4 Å². The number of ether oxygens (including phenoxy) is 1. The molecular weight excluding hydrogens is 313 g/mol. The molecule has 2 saturated heterocycles. The summed E-state index contributed by atoms with van der Waals surface area (Å²) in [5.74, 6) is 0.908. The number of halogens is 2. The van der Waals surface area contributed by atoms with Gasteiger partial charge in [0.15, 0.2) is 0 Å². The van der Waals surface area contributed by atoms with E-state index >= 15 is 0 Å². The third kappa shape index (κ3) is 8.21. The summed E-state index contributed by atoms with van der Waals surface area (Å²) in [6.45, 7) is 5.61. The van der Waals surface area contributed by atoms with Crippen molar-refractivity contribution in [3.8, 4) is 0 Å². The number of piperidine rings is 1. The van der Waals surface area contributed by atoms with Crippen LogP contribution in [-0.4, -0.2) is 63.3 Å². The van der Waals surface area contributed by atoms with E-state index in [-0.39, 0.29) is 36.8 Å². The van der Waals surface area contributed by atoms with E-state index in [1.165, 1.54) is 25.9 Å². The fraction of sp³-hybridized carbons (Fsp3) is 0.929. The lowest BCUT2D eigenvalue weighted by molar-refractivity contribution is -0.124. The second-order valence-corrected chi connectivity index (χ2v) is 5.79. The van der Waals surface area contributed by atoms with Crippen LogP contribution in [0, 0.1) is 5.92 Å². The first-order chi connectivity index (χ1) is 9.24. The Morgan fingerprint density at radius 1 is 1.33 bits per heavy atom. The average molecular weight is 342 g/mol. The Labute approximate surface area is 140 Å². The smallest absolute Gasteiger partial charge is 0.222 e. The van der Waals surface area contributed by atoms with Crippen molar-refractivity contribution in [2.24, 2.45) is 5.92 Å². The second kappa shape index (κ2) is 11.5. The van der Waals surface area contributed by atoms with Crippen LogP contribution >= 0.6 is 24.8 Å². The molecule has 1 amide bonds. The van der Waals surface area contributed by atoms with E-state index in [9.17, 15) is 4.79 Å². The number of likely N-dealkylation sites (tertiary alicyclic amines) is 1. The highest BCUT2D eigenvalue weighted by Gasteiger charge is 2.18. The van der Waals surface area contributed by atoms with Crippen LogP contribution in [-0.2, 0) is 9.53 Å². The maximum absolute atomic E-state index is 11.8. The first-order valence-electron chi connectivity index (χ1n) is 7.51. The summed E-state index contributed by atoms with van der Waals surface area (Å²) in [7, 11) is 2.18. The third-order valence-corrected chi connectivity index (χ3v) is 4.13. The Bertz CT molecular complexity index is 281. The summed E-state index contributed by atoms with van der Waals surface area (Å²) in [6.07, 6.45) is 4.19. The van der Waals surface area contributed by atoms with Gasteiger partial charge in [0.2, 0.25) is 5.91 Å². The lowest BCUT2D eigenvalue weighted by atomic mass is 9.94. The minimum atomic E-state index is 0. The third-order valence-electron chi connectivity index (χ3n) is 4.13. The molecule has 0 aromatic carbocycles. The molecule has 2 N–H and O–H groups in total. The van der Waals surface area contributed by atoms with Gasteiger partial charge in [-0.05, 0) is 45.3 Å². The van der Waals surface area contributed by atoms with Gasteiger partial charge in [-0.3, -0.25) is 4.79 Å². The molecular formula is C14H29Cl2N3O2. The van der Waals surface area contributed by atoms with Crippen LogP contribution in [0.3, 0.4) is 0 Å². The lowest BCUT2D eigenvalue weighted by Gasteiger charge is -2.29. The highest BCUT2D eigenvalue weighted by Crippen LogP contribution is 2.18. The van der Waals surface area contributed by atoms with Crippen molar-refractivity contribution < 1.29 is 9.53 Å². The number of rotatable bonds is 5. The molecule has 2 aliphatic rings. The Balaban J connectivity index is 0.00000200. The van der Waals surface area contributed by atoms with Gasteiger partial charge in [0.25, 0.3) is 0 Å². The predicted octanol–water partition coefficient (Wildman–Crippen LogP) is 1.06. The maximum Gasteiger partial charge on any atom is 0.222 e. The van der Waals surface area contributed by atoms with E-state index in [0.29, 0.717) is 13.0 Å². The van der Waals surface area contributed by atoms with Crippen molar-refractivity contribution in [3.63, 3.8) is 0 Å². The Hall–Kier alpha value is -0.0700. The monoisotopic (exact) mass is 341 g/mol. The van der Waals surface area contributed by atoms with Crippen LogP contribution < -0.4 is 10.6 Å². The molecule has 2 aliphatic heterocycles. The average Bonchev–Trinajstić information content (AvgIpc) is 2.42. The molecule has 0 aliphatic carbocycles. The molecule has 0 radical (unpaired) electrons. The summed E-state index contributed by atoms with van der Waals surface area (Å²) in [5, 5.41) is 6.27. The Kier molecular flexibility index (Phi) is 11.5. The largest absolute Gasteiger partial charge is 0.375 e. The van der Waals surface area contributed by atoms with E-state index in [0.717, 1.165) is 32.0 Å². The van der Waals surface area contributed by atoms with Gasteiger partial charge in [0.05, 0.1) is 19.1 Å². The Morgan fingerprint density at radius 2 is 2.05 bits per heavy atom. The van der Waals surface area contributed by atoms with Crippen LogP contribution in [0.5, 0.6) is 0 Å². The highest BCUT2D eigenvalue weighted by atomic mass is 35.5. The zero-order valence-corrected chi connectivity index (χ0v) is 14.4. The number of nitrogens with one attached hydrogen (secondary N) is 2. The predicted molar refractivity (Wildman–Crippen MR) is 89.6 cm³/mol. The minimum Gasteiger partial charge on any atom is -0.375 e. The summed E-state index contributed by atoms with van der Waals surface area (Å²) in [5.41, 5.74) is 0. The van der Waals surface area contributed by atoms with Crippen LogP contribution in [0.1, 0.15) is 25.7 Å². The topological polar surface area (TPSA) is 53.6 Å². The van der Waals surface area contributed by atoms with Gasteiger partial charge in [-0.2, -0.15) is 0 Å². The maximum atomic E-state index is 11.8. The van der Waals surface area contributed by atoms with Gasteiger partial charge in [0, 0.05) is 19.6 Å². The van der Waals surface area contributed by atoms with Gasteiger partial charge in [0.1, 0.15) is 0 Å². The molecule has 2 heterocycles. The zero-order chi connectivity index (χ0) is 13.5. The summed E-state index contributed by atoms with van der Waals surface area (Å²) < 4.78 is 5.53. The van der Waals surface area contributed by atoms with E-state index in [4.69, 9.17) is 4.74 Å². The van der Waals surface area contributed by atoms with Crippen LogP contribution in [0.4, 0.5) is 0 Å². The van der Waals surface area contributed by atoms with Gasteiger partial charge in [-0.1, -0.05) is 0 Å². The molecule has 1 atom stereocenters. The number of morpholine rings is 1. The normalized spacial score (nSPS) is 23.8. The standard InChI is InChI=1S/C14H27N3O2.2ClH/c1-17-7-3-12(4-8-17)2-5-16-14(18)10-13-11-15-6-9-19-13;;/h12-13,15H,2-11H2,1H3,(H,16,18);2*1H. The number of carbonyl (C=O) groups is 1. The first kappa shape index (κ1) is 20.9. The summed E-state index contributed by atoms with van der Waals surface area (Å²) in [4.78, 5) is 14.2. The summed E-state index contributed by atoms with van der Waals surface area (Å²) >= 11 is 0. The molecule has 126 valence electrons. The molecule has 7 heteroatoms. The van der Waals surface area contributed by atoms with E-state index in [2.05, 4.69) is 22.6 Å². The van der Waals surface area contributed by atoms with Crippen molar-refractivity contribution >= 4 is 30.7 Å². The number of hydrogen-bond acceptors (Lipinski definition) is 4.